The second-order valence-electron chi connectivity index (χ2n) is 5.96. The number of benzene rings is 1. The summed E-state index contributed by atoms with van der Waals surface area (Å²) in [4.78, 5) is 21.5. The smallest absolute Gasteiger partial charge is 0.204 e. The molecule has 2 aromatic heterocycles. The Labute approximate surface area is 146 Å². The van der Waals surface area contributed by atoms with Crippen LogP contribution in [0.1, 0.15) is 33.6 Å². The van der Waals surface area contributed by atoms with Crippen LogP contribution in [0.2, 0.25) is 0 Å². The minimum atomic E-state index is -1.02. The van der Waals surface area contributed by atoms with Crippen LogP contribution in [0.25, 0.3) is 11.3 Å². The molecule has 3 rings (SSSR count). The molecule has 0 aliphatic rings. The standard InChI is InChI=1S/C20H18N4O/c1-13-11-14(2)23-20(22-13)16(12-21)19(25)18-10-9-17(24(18)3)15-7-5-4-6-8-15/h4-11,16H,1-3H3/t16-/m1/s1. The predicted octanol–water partition coefficient (Wildman–Crippen LogP) is 3.59. The lowest BCUT2D eigenvalue weighted by Gasteiger charge is -2.11. The number of nitrogens with zero attached hydrogens (tertiary/aromatic N) is 4. The quantitative estimate of drug-likeness (QED) is 0.685. The van der Waals surface area contributed by atoms with Crippen molar-refractivity contribution in [3.63, 3.8) is 0 Å². The van der Waals surface area contributed by atoms with Crippen molar-refractivity contribution < 1.29 is 4.79 Å². The molecule has 0 aliphatic carbocycles. The molecule has 0 bridgehead atoms. The Balaban J connectivity index is 2.00. The fourth-order valence-corrected chi connectivity index (χ4v) is 2.92. The molecule has 0 saturated carbocycles. The molecule has 3 aromatic rings. The summed E-state index contributed by atoms with van der Waals surface area (Å²) in [6.45, 7) is 3.65. The molecule has 5 nitrogen and oxygen atoms in total. The third kappa shape index (κ3) is 3.20. The van der Waals surface area contributed by atoms with Gasteiger partial charge in [-0.05, 0) is 37.6 Å². The van der Waals surface area contributed by atoms with E-state index in [9.17, 15) is 10.1 Å². The molecular formula is C20H18N4O. The summed E-state index contributed by atoms with van der Waals surface area (Å²) in [5.41, 5.74) is 3.88. The molecule has 0 unspecified atom stereocenters. The largest absolute Gasteiger partial charge is 0.341 e. The van der Waals surface area contributed by atoms with E-state index in [1.54, 1.807) is 6.07 Å². The van der Waals surface area contributed by atoms with Crippen molar-refractivity contribution in [2.45, 2.75) is 19.8 Å². The van der Waals surface area contributed by atoms with Gasteiger partial charge < -0.3 is 4.57 Å². The van der Waals surface area contributed by atoms with Crippen molar-refractivity contribution >= 4 is 5.78 Å². The van der Waals surface area contributed by atoms with Crippen molar-refractivity contribution in [3.8, 4) is 17.3 Å². The van der Waals surface area contributed by atoms with Gasteiger partial charge >= 0.3 is 0 Å². The third-order valence-electron chi connectivity index (χ3n) is 4.09. The fraction of sp³-hybridized carbons (Fsp3) is 0.200. The molecule has 2 heterocycles. The van der Waals surface area contributed by atoms with E-state index in [-0.39, 0.29) is 11.6 Å². The Kier molecular flexibility index (Phi) is 4.44. The molecule has 0 aliphatic heterocycles. The Hall–Kier alpha value is -3.26. The number of Topliss-reactive ketones (excluding diaryl/α,β-unsaturated/α-hetero) is 1. The van der Waals surface area contributed by atoms with E-state index < -0.39 is 5.92 Å². The highest BCUT2D eigenvalue weighted by Crippen LogP contribution is 2.25. The van der Waals surface area contributed by atoms with Gasteiger partial charge in [0.1, 0.15) is 0 Å². The van der Waals surface area contributed by atoms with E-state index in [1.807, 2.05) is 67.9 Å². The van der Waals surface area contributed by atoms with Crippen LogP contribution in [0.4, 0.5) is 0 Å². The van der Waals surface area contributed by atoms with Crippen LogP contribution in [-0.2, 0) is 7.05 Å². The number of hydrogen-bond acceptors (Lipinski definition) is 4. The van der Waals surface area contributed by atoms with Crippen LogP contribution in [0, 0.1) is 25.2 Å². The first-order valence-corrected chi connectivity index (χ1v) is 7.98. The molecule has 25 heavy (non-hydrogen) atoms. The van der Waals surface area contributed by atoms with E-state index in [0.29, 0.717) is 5.69 Å². The third-order valence-corrected chi connectivity index (χ3v) is 4.09. The highest BCUT2D eigenvalue weighted by molar-refractivity contribution is 6.01. The highest BCUT2D eigenvalue weighted by atomic mass is 16.1. The van der Waals surface area contributed by atoms with Crippen molar-refractivity contribution in [1.29, 1.82) is 5.26 Å². The first-order chi connectivity index (χ1) is 12.0. The predicted molar refractivity (Wildman–Crippen MR) is 95.0 cm³/mol. The van der Waals surface area contributed by atoms with Crippen molar-refractivity contribution in [3.05, 3.63) is 71.4 Å². The maximum Gasteiger partial charge on any atom is 0.204 e. The van der Waals surface area contributed by atoms with Crippen LogP contribution in [0.5, 0.6) is 0 Å². The zero-order chi connectivity index (χ0) is 18.0. The zero-order valence-electron chi connectivity index (χ0n) is 14.4. The van der Waals surface area contributed by atoms with Crippen LogP contribution in [0.3, 0.4) is 0 Å². The summed E-state index contributed by atoms with van der Waals surface area (Å²) in [5, 5.41) is 9.55. The topological polar surface area (TPSA) is 71.6 Å². The maximum atomic E-state index is 12.9. The highest BCUT2D eigenvalue weighted by Gasteiger charge is 2.27. The minimum absolute atomic E-state index is 0.257. The van der Waals surface area contributed by atoms with Gasteiger partial charge in [0.05, 0.1) is 11.8 Å². The molecule has 5 heteroatoms. The minimum Gasteiger partial charge on any atom is -0.341 e. The molecule has 124 valence electrons. The van der Waals surface area contributed by atoms with Crippen LogP contribution in [-0.4, -0.2) is 20.3 Å². The first kappa shape index (κ1) is 16.6. The van der Waals surface area contributed by atoms with E-state index in [2.05, 4.69) is 16.0 Å². The molecule has 0 amide bonds. The Bertz CT molecular complexity index is 947. The molecule has 1 aromatic carbocycles. The number of nitriles is 1. The molecule has 0 saturated heterocycles. The summed E-state index contributed by atoms with van der Waals surface area (Å²) in [5.74, 6) is -1.06. The molecule has 0 N–H and O–H groups in total. The van der Waals surface area contributed by atoms with Gasteiger partial charge in [-0.15, -0.1) is 0 Å². The lowest BCUT2D eigenvalue weighted by molar-refractivity contribution is 0.0968. The number of hydrogen-bond donors (Lipinski definition) is 0. The van der Waals surface area contributed by atoms with Crippen molar-refractivity contribution in [1.82, 2.24) is 14.5 Å². The van der Waals surface area contributed by atoms with Gasteiger partial charge in [-0.2, -0.15) is 5.26 Å². The van der Waals surface area contributed by atoms with E-state index in [4.69, 9.17) is 0 Å². The molecule has 1 atom stereocenters. The zero-order valence-corrected chi connectivity index (χ0v) is 14.4. The number of aryl methyl sites for hydroxylation is 2. The van der Waals surface area contributed by atoms with Gasteiger partial charge in [-0.3, -0.25) is 4.79 Å². The van der Waals surface area contributed by atoms with E-state index in [0.717, 1.165) is 22.6 Å². The average molecular weight is 330 g/mol. The summed E-state index contributed by atoms with van der Waals surface area (Å²) in [7, 11) is 1.83. The average Bonchev–Trinajstić information content (AvgIpc) is 2.97. The molecule has 0 spiro atoms. The lowest BCUT2D eigenvalue weighted by Crippen LogP contribution is -2.18. The summed E-state index contributed by atoms with van der Waals surface area (Å²) in [6.07, 6.45) is 0. The van der Waals surface area contributed by atoms with Crippen molar-refractivity contribution in [2.24, 2.45) is 7.05 Å². The van der Waals surface area contributed by atoms with Gasteiger partial charge in [0.15, 0.2) is 11.7 Å². The number of carbonyl (C=O) groups excluding carboxylic acids is 1. The summed E-state index contributed by atoms with van der Waals surface area (Å²) >= 11 is 0. The van der Waals surface area contributed by atoms with Gasteiger partial charge in [0.25, 0.3) is 0 Å². The molecular weight excluding hydrogens is 312 g/mol. The second-order valence-corrected chi connectivity index (χ2v) is 5.96. The monoisotopic (exact) mass is 330 g/mol. The van der Waals surface area contributed by atoms with Gasteiger partial charge in [0.2, 0.25) is 5.78 Å². The first-order valence-electron chi connectivity index (χ1n) is 7.98. The summed E-state index contributed by atoms with van der Waals surface area (Å²) < 4.78 is 1.81. The molecule has 0 radical (unpaired) electrons. The van der Waals surface area contributed by atoms with Crippen LogP contribution in [0.15, 0.2) is 48.5 Å². The second kappa shape index (κ2) is 6.70. The lowest BCUT2D eigenvalue weighted by atomic mass is 10.0. The normalized spacial score (nSPS) is 11.8. The maximum absolute atomic E-state index is 12.9. The van der Waals surface area contributed by atoms with E-state index in [1.165, 1.54) is 0 Å². The SMILES string of the molecule is Cc1cc(C)nc([C@H](C#N)C(=O)c2ccc(-c3ccccc3)n2C)n1. The Morgan fingerprint density at radius 3 is 2.32 bits per heavy atom. The van der Waals surface area contributed by atoms with E-state index >= 15 is 0 Å². The number of rotatable bonds is 4. The van der Waals surface area contributed by atoms with Gasteiger partial charge in [-0.1, -0.05) is 30.3 Å². The summed E-state index contributed by atoms with van der Waals surface area (Å²) in [6, 6.07) is 17.3. The van der Waals surface area contributed by atoms with Crippen LogP contribution < -0.4 is 0 Å². The number of carbonyl (C=O) groups is 1. The van der Waals surface area contributed by atoms with Crippen molar-refractivity contribution in [2.75, 3.05) is 0 Å². The van der Waals surface area contributed by atoms with Crippen LogP contribution >= 0.6 is 0 Å². The van der Waals surface area contributed by atoms with Gasteiger partial charge in [-0.25, -0.2) is 9.97 Å². The van der Waals surface area contributed by atoms with Gasteiger partial charge in [0, 0.05) is 24.1 Å². The fourth-order valence-electron chi connectivity index (χ4n) is 2.92. The Morgan fingerprint density at radius 1 is 1.08 bits per heavy atom. The number of aromatic nitrogens is 3. The number of ketones is 1. The molecule has 0 fully saturated rings. The Morgan fingerprint density at radius 2 is 1.72 bits per heavy atom.